The van der Waals surface area contributed by atoms with E-state index in [0.717, 1.165) is 11.1 Å². The maximum atomic E-state index is 13.8. The highest BCUT2D eigenvalue weighted by Gasteiger charge is 2.14. The van der Waals surface area contributed by atoms with Crippen molar-refractivity contribution in [1.29, 1.82) is 0 Å². The van der Waals surface area contributed by atoms with E-state index in [4.69, 9.17) is 9.47 Å². The van der Waals surface area contributed by atoms with Crippen LogP contribution in [0.15, 0.2) is 65.8 Å². The molecule has 0 heterocycles. The average molecular weight is 449 g/mol. The Labute approximate surface area is 191 Å². The zero-order chi connectivity index (χ0) is 23.8. The lowest BCUT2D eigenvalue weighted by molar-refractivity contribution is -0.136. The fraction of sp³-hybridized carbons (Fsp3) is 0.160. The molecule has 3 aromatic rings. The number of carbonyl (C=O) groups is 2. The summed E-state index contributed by atoms with van der Waals surface area (Å²) >= 11 is 0. The van der Waals surface area contributed by atoms with Gasteiger partial charge < -0.3 is 14.8 Å². The number of hydrogen-bond acceptors (Lipinski definition) is 5. The fourth-order valence-corrected chi connectivity index (χ4v) is 3.00. The summed E-state index contributed by atoms with van der Waals surface area (Å²) in [4.78, 5) is 24.1. The summed E-state index contributed by atoms with van der Waals surface area (Å²) < 4.78 is 24.8. The number of nitrogens with zero attached hydrogens (tertiary/aromatic N) is 1. The van der Waals surface area contributed by atoms with Crippen LogP contribution in [0.1, 0.15) is 22.3 Å². The maximum Gasteiger partial charge on any atom is 0.329 e. The molecule has 0 saturated heterocycles. The molecular formula is C25H24FN3O4. The molecule has 3 rings (SSSR count). The molecule has 0 saturated carbocycles. The van der Waals surface area contributed by atoms with Gasteiger partial charge in [-0.05, 0) is 55.3 Å². The number of carbonyl (C=O) groups excluding carboxylic acids is 2. The van der Waals surface area contributed by atoms with Gasteiger partial charge in [0.15, 0.2) is 11.5 Å². The molecule has 33 heavy (non-hydrogen) atoms. The number of halogens is 1. The van der Waals surface area contributed by atoms with Crippen molar-refractivity contribution in [3.05, 3.63) is 88.7 Å². The number of nitrogens with one attached hydrogen (secondary N) is 2. The van der Waals surface area contributed by atoms with Crippen LogP contribution in [0.2, 0.25) is 0 Å². The van der Waals surface area contributed by atoms with Crippen LogP contribution in [0, 0.1) is 19.7 Å². The van der Waals surface area contributed by atoms with Gasteiger partial charge in [-0.3, -0.25) is 9.59 Å². The summed E-state index contributed by atoms with van der Waals surface area (Å²) in [5.74, 6) is -1.24. The third-order valence-corrected chi connectivity index (χ3v) is 4.74. The second-order valence-electron chi connectivity index (χ2n) is 7.26. The standard InChI is InChI=1S/C25H24FN3O4/c1-16-8-10-21(17(2)12-16)28-24(30)25(31)29-27-14-18-9-11-22(23(13-18)32-3)33-15-19-6-4-5-7-20(19)26/h4-14H,15H2,1-3H3,(H,28,30)(H,29,31)/b27-14+. The SMILES string of the molecule is COc1cc(/C=N/NC(=O)C(=O)Nc2ccc(C)cc2C)ccc1OCc1ccccc1F. The lowest BCUT2D eigenvalue weighted by atomic mass is 10.1. The van der Waals surface area contributed by atoms with Gasteiger partial charge >= 0.3 is 11.8 Å². The van der Waals surface area contributed by atoms with Gasteiger partial charge in [0, 0.05) is 11.3 Å². The molecule has 8 heteroatoms. The van der Waals surface area contributed by atoms with Crippen LogP contribution >= 0.6 is 0 Å². The number of hydrogen-bond donors (Lipinski definition) is 2. The molecule has 0 fully saturated rings. The van der Waals surface area contributed by atoms with Crippen molar-refractivity contribution >= 4 is 23.7 Å². The van der Waals surface area contributed by atoms with Crippen molar-refractivity contribution < 1.29 is 23.5 Å². The van der Waals surface area contributed by atoms with Crippen LogP contribution in [0.25, 0.3) is 0 Å². The van der Waals surface area contributed by atoms with Gasteiger partial charge in [-0.1, -0.05) is 35.9 Å². The van der Waals surface area contributed by atoms with Crippen LogP contribution in [-0.4, -0.2) is 25.1 Å². The van der Waals surface area contributed by atoms with E-state index < -0.39 is 11.8 Å². The molecule has 2 N–H and O–H groups in total. The van der Waals surface area contributed by atoms with Crippen molar-refractivity contribution in [2.75, 3.05) is 12.4 Å². The number of amides is 2. The minimum absolute atomic E-state index is 0.0437. The number of hydrazone groups is 1. The van der Waals surface area contributed by atoms with Crippen molar-refractivity contribution in [3.8, 4) is 11.5 Å². The number of rotatable bonds is 7. The lowest BCUT2D eigenvalue weighted by Gasteiger charge is -2.11. The quantitative estimate of drug-likeness (QED) is 0.323. The summed E-state index contributed by atoms with van der Waals surface area (Å²) in [5, 5.41) is 6.37. The molecule has 170 valence electrons. The Morgan fingerprint density at radius 1 is 1.00 bits per heavy atom. The molecule has 0 aliphatic heterocycles. The predicted octanol–water partition coefficient (Wildman–Crippen LogP) is 4.12. The molecule has 7 nitrogen and oxygen atoms in total. The Kier molecular flexibility index (Phi) is 7.75. The molecule has 0 radical (unpaired) electrons. The average Bonchev–Trinajstić information content (AvgIpc) is 2.80. The van der Waals surface area contributed by atoms with Gasteiger partial charge in [-0.2, -0.15) is 5.10 Å². The second-order valence-corrected chi connectivity index (χ2v) is 7.26. The monoisotopic (exact) mass is 449 g/mol. The lowest BCUT2D eigenvalue weighted by Crippen LogP contribution is -2.32. The van der Waals surface area contributed by atoms with Gasteiger partial charge in [-0.15, -0.1) is 0 Å². The summed E-state index contributed by atoms with van der Waals surface area (Å²) in [6, 6.07) is 16.8. The van der Waals surface area contributed by atoms with Gasteiger partial charge in [0.05, 0.1) is 13.3 Å². The van der Waals surface area contributed by atoms with Crippen LogP contribution in [0.4, 0.5) is 10.1 Å². The van der Waals surface area contributed by atoms with Crippen molar-refractivity contribution in [2.24, 2.45) is 5.10 Å². The van der Waals surface area contributed by atoms with Crippen molar-refractivity contribution in [2.45, 2.75) is 20.5 Å². The van der Waals surface area contributed by atoms with E-state index in [0.29, 0.717) is 28.3 Å². The first-order valence-corrected chi connectivity index (χ1v) is 10.1. The minimum Gasteiger partial charge on any atom is -0.493 e. The predicted molar refractivity (Wildman–Crippen MR) is 124 cm³/mol. The smallest absolute Gasteiger partial charge is 0.329 e. The van der Waals surface area contributed by atoms with Crippen LogP contribution in [0.3, 0.4) is 0 Å². The van der Waals surface area contributed by atoms with Gasteiger partial charge in [0.2, 0.25) is 0 Å². The van der Waals surface area contributed by atoms with Crippen LogP contribution < -0.4 is 20.2 Å². The topological polar surface area (TPSA) is 89.0 Å². The molecule has 3 aromatic carbocycles. The van der Waals surface area contributed by atoms with E-state index in [1.165, 1.54) is 19.4 Å². The summed E-state index contributed by atoms with van der Waals surface area (Å²) in [6.45, 7) is 3.83. The Morgan fingerprint density at radius 3 is 2.52 bits per heavy atom. The van der Waals surface area contributed by atoms with E-state index in [2.05, 4.69) is 15.8 Å². The maximum absolute atomic E-state index is 13.8. The Hall–Kier alpha value is -4.20. The van der Waals surface area contributed by atoms with Gasteiger partial charge in [-0.25, -0.2) is 9.82 Å². The molecule has 0 bridgehead atoms. The number of ether oxygens (including phenoxy) is 2. The first-order valence-electron chi connectivity index (χ1n) is 10.1. The van der Waals surface area contributed by atoms with E-state index >= 15 is 0 Å². The summed E-state index contributed by atoms with van der Waals surface area (Å²) in [7, 11) is 1.48. The third kappa shape index (κ3) is 6.39. The zero-order valence-corrected chi connectivity index (χ0v) is 18.5. The number of benzene rings is 3. The highest BCUT2D eigenvalue weighted by Crippen LogP contribution is 2.28. The Bertz CT molecular complexity index is 1190. The van der Waals surface area contributed by atoms with Crippen LogP contribution in [0.5, 0.6) is 11.5 Å². The first kappa shape index (κ1) is 23.5. The van der Waals surface area contributed by atoms with E-state index in [1.54, 1.807) is 42.5 Å². The summed E-state index contributed by atoms with van der Waals surface area (Å²) in [5.41, 5.74) is 5.67. The summed E-state index contributed by atoms with van der Waals surface area (Å²) in [6.07, 6.45) is 1.37. The van der Waals surface area contributed by atoms with E-state index in [1.807, 2.05) is 26.0 Å². The minimum atomic E-state index is -0.900. The Balaban J connectivity index is 1.58. The molecule has 0 atom stereocenters. The van der Waals surface area contributed by atoms with Gasteiger partial charge in [0.25, 0.3) is 0 Å². The zero-order valence-electron chi connectivity index (χ0n) is 18.5. The molecule has 0 aliphatic rings. The highest BCUT2D eigenvalue weighted by molar-refractivity contribution is 6.39. The molecule has 2 amide bonds. The number of aryl methyl sites for hydroxylation is 2. The molecule has 0 unspecified atom stereocenters. The molecule has 0 spiro atoms. The number of methoxy groups -OCH3 is 1. The highest BCUT2D eigenvalue weighted by atomic mass is 19.1. The third-order valence-electron chi connectivity index (χ3n) is 4.74. The fourth-order valence-electron chi connectivity index (χ4n) is 3.00. The molecular weight excluding hydrogens is 425 g/mol. The van der Waals surface area contributed by atoms with Crippen LogP contribution in [-0.2, 0) is 16.2 Å². The first-order chi connectivity index (χ1) is 15.9. The second kappa shape index (κ2) is 10.9. The molecule has 0 aromatic heterocycles. The largest absolute Gasteiger partial charge is 0.493 e. The molecule has 0 aliphatic carbocycles. The number of anilines is 1. The van der Waals surface area contributed by atoms with E-state index in [9.17, 15) is 14.0 Å². The van der Waals surface area contributed by atoms with Crippen molar-refractivity contribution in [1.82, 2.24) is 5.43 Å². The normalized spacial score (nSPS) is 10.7. The van der Waals surface area contributed by atoms with E-state index in [-0.39, 0.29) is 12.4 Å². The van der Waals surface area contributed by atoms with Crippen molar-refractivity contribution in [3.63, 3.8) is 0 Å². The Morgan fingerprint density at radius 2 is 1.79 bits per heavy atom. The van der Waals surface area contributed by atoms with Gasteiger partial charge in [0.1, 0.15) is 12.4 Å².